The second kappa shape index (κ2) is 8.48. The number of halogens is 1. The maximum Gasteiger partial charge on any atom is 0.374 e. The SMILES string of the molecule is NS(=O)(=O)c1cccc(NC(=O)COC(=O)c2ccc(-c3ccccc3Cl)o2)c1. The summed E-state index contributed by atoms with van der Waals surface area (Å²) in [6, 6.07) is 15.3. The van der Waals surface area contributed by atoms with E-state index in [1.54, 1.807) is 30.3 Å². The molecule has 0 saturated heterocycles. The largest absolute Gasteiger partial charge is 0.450 e. The zero-order valence-corrected chi connectivity index (χ0v) is 16.4. The fourth-order valence-corrected chi connectivity index (χ4v) is 3.19. The number of nitrogens with one attached hydrogen (secondary N) is 1. The number of ether oxygens (including phenoxy) is 1. The van der Waals surface area contributed by atoms with E-state index < -0.39 is 28.5 Å². The molecule has 0 aliphatic rings. The van der Waals surface area contributed by atoms with E-state index in [1.165, 1.54) is 30.3 Å². The second-order valence-corrected chi connectivity index (χ2v) is 7.81. The Morgan fingerprint density at radius 1 is 1.07 bits per heavy atom. The molecule has 0 radical (unpaired) electrons. The van der Waals surface area contributed by atoms with Crippen molar-refractivity contribution in [3.05, 3.63) is 71.4 Å². The van der Waals surface area contributed by atoms with Crippen molar-refractivity contribution in [2.75, 3.05) is 11.9 Å². The van der Waals surface area contributed by atoms with Gasteiger partial charge in [0.25, 0.3) is 5.91 Å². The Balaban J connectivity index is 1.60. The second-order valence-electron chi connectivity index (χ2n) is 5.84. The van der Waals surface area contributed by atoms with Gasteiger partial charge in [0.15, 0.2) is 6.61 Å². The highest BCUT2D eigenvalue weighted by molar-refractivity contribution is 7.89. The molecule has 1 amide bonds. The van der Waals surface area contributed by atoms with Gasteiger partial charge in [0.1, 0.15) is 5.76 Å². The average molecular weight is 435 g/mol. The molecule has 0 aliphatic carbocycles. The van der Waals surface area contributed by atoms with Crippen LogP contribution in [-0.4, -0.2) is 26.9 Å². The Kier molecular flexibility index (Phi) is 6.02. The predicted molar refractivity (Wildman–Crippen MR) is 106 cm³/mol. The van der Waals surface area contributed by atoms with Gasteiger partial charge in [0, 0.05) is 11.3 Å². The number of carbonyl (C=O) groups excluding carboxylic acids is 2. The zero-order valence-electron chi connectivity index (χ0n) is 14.8. The molecule has 0 saturated carbocycles. The lowest BCUT2D eigenvalue weighted by molar-refractivity contribution is -0.119. The number of furan rings is 1. The van der Waals surface area contributed by atoms with E-state index in [-0.39, 0.29) is 16.3 Å². The highest BCUT2D eigenvalue weighted by atomic mass is 35.5. The summed E-state index contributed by atoms with van der Waals surface area (Å²) in [5, 5.41) is 7.92. The zero-order chi connectivity index (χ0) is 21.0. The van der Waals surface area contributed by atoms with Crippen molar-refractivity contribution < 1.29 is 27.2 Å². The Bertz CT molecular complexity index is 1170. The van der Waals surface area contributed by atoms with E-state index in [2.05, 4.69) is 5.32 Å². The van der Waals surface area contributed by atoms with Crippen LogP contribution in [0.15, 0.2) is 70.0 Å². The van der Waals surface area contributed by atoms with Gasteiger partial charge >= 0.3 is 5.97 Å². The Morgan fingerprint density at radius 2 is 1.83 bits per heavy atom. The maximum atomic E-state index is 12.1. The number of primary sulfonamides is 1. The van der Waals surface area contributed by atoms with Crippen LogP contribution in [0.25, 0.3) is 11.3 Å². The first-order valence-electron chi connectivity index (χ1n) is 8.18. The topological polar surface area (TPSA) is 129 Å². The molecule has 8 nitrogen and oxygen atoms in total. The molecule has 3 rings (SSSR count). The van der Waals surface area contributed by atoms with Crippen molar-refractivity contribution in [2.24, 2.45) is 5.14 Å². The van der Waals surface area contributed by atoms with Crippen molar-refractivity contribution in [1.29, 1.82) is 0 Å². The molecule has 1 heterocycles. The standard InChI is InChI=1S/C19H15ClN2O6S/c20-15-7-2-1-6-14(15)16-8-9-17(28-16)19(24)27-11-18(23)22-12-4-3-5-13(10-12)29(21,25)26/h1-10H,11H2,(H,22,23)(H2,21,25,26). The van der Waals surface area contributed by atoms with Crippen LogP contribution < -0.4 is 10.5 Å². The van der Waals surface area contributed by atoms with E-state index in [4.69, 9.17) is 25.9 Å². The molecule has 0 fully saturated rings. The third kappa shape index (κ3) is 5.23. The quantitative estimate of drug-likeness (QED) is 0.573. The summed E-state index contributed by atoms with van der Waals surface area (Å²) in [6.45, 7) is -0.597. The molecule has 0 aliphatic heterocycles. The minimum atomic E-state index is -3.91. The lowest BCUT2D eigenvalue weighted by atomic mass is 10.2. The molecule has 2 aromatic carbocycles. The van der Waals surface area contributed by atoms with E-state index in [0.717, 1.165) is 0 Å². The molecule has 29 heavy (non-hydrogen) atoms. The summed E-state index contributed by atoms with van der Waals surface area (Å²) < 4.78 is 33.1. The van der Waals surface area contributed by atoms with Gasteiger partial charge in [-0.2, -0.15) is 0 Å². The average Bonchev–Trinajstić information content (AvgIpc) is 3.16. The summed E-state index contributed by atoms with van der Waals surface area (Å²) in [5.74, 6) is -1.21. The lowest BCUT2D eigenvalue weighted by Gasteiger charge is -2.07. The Hall–Kier alpha value is -3.14. The normalized spacial score (nSPS) is 11.1. The number of hydrogen-bond acceptors (Lipinski definition) is 6. The number of sulfonamides is 1. The highest BCUT2D eigenvalue weighted by Gasteiger charge is 2.17. The van der Waals surface area contributed by atoms with Crippen LogP contribution in [-0.2, 0) is 19.6 Å². The molecule has 3 aromatic rings. The van der Waals surface area contributed by atoms with E-state index in [0.29, 0.717) is 16.3 Å². The molecule has 3 N–H and O–H groups in total. The first-order valence-corrected chi connectivity index (χ1v) is 10.1. The van der Waals surface area contributed by atoms with Crippen molar-refractivity contribution >= 4 is 39.2 Å². The van der Waals surface area contributed by atoms with Crippen LogP contribution in [0.4, 0.5) is 5.69 Å². The van der Waals surface area contributed by atoms with Gasteiger partial charge < -0.3 is 14.5 Å². The first kappa shape index (κ1) is 20.6. The fraction of sp³-hybridized carbons (Fsp3) is 0.0526. The third-order valence-electron chi connectivity index (χ3n) is 3.73. The number of nitrogens with two attached hydrogens (primary N) is 1. The summed E-state index contributed by atoms with van der Waals surface area (Å²) in [4.78, 5) is 23.9. The summed E-state index contributed by atoms with van der Waals surface area (Å²) >= 11 is 6.09. The number of esters is 1. The number of benzene rings is 2. The molecule has 0 unspecified atom stereocenters. The minimum Gasteiger partial charge on any atom is -0.450 e. The van der Waals surface area contributed by atoms with Gasteiger partial charge in [-0.25, -0.2) is 18.4 Å². The van der Waals surface area contributed by atoms with Crippen LogP contribution in [0.2, 0.25) is 5.02 Å². The van der Waals surface area contributed by atoms with Crippen LogP contribution in [0.1, 0.15) is 10.6 Å². The molecular formula is C19H15ClN2O6S. The molecule has 1 aromatic heterocycles. The fourth-order valence-electron chi connectivity index (χ4n) is 2.40. The van der Waals surface area contributed by atoms with Crippen molar-refractivity contribution in [3.8, 4) is 11.3 Å². The van der Waals surface area contributed by atoms with Crippen LogP contribution in [0.3, 0.4) is 0 Å². The Labute approximate surface area is 171 Å². The van der Waals surface area contributed by atoms with Gasteiger partial charge in [-0.05, 0) is 42.5 Å². The van der Waals surface area contributed by atoms with Crippen molar-refractivity contribution in [3.63, 3.8) is 0 Å². The van der Waals surface area contributed by atoms with Crippen LogP contribution >= 0.6 is 11.6 Å². The van der Waals surface area contributed by atoms with Gasteiger partial charge in [0.2, 0.25) is 15.8 Å². The summed E-state index contributed by atoms with van der Waals surface area (Å²) in [6.07, 6.45) is 0. The number of hydrogen-bond donors (Lipinski definition) is 2. The van der Waals surface area contributed by atoms with Crippen LogP contribution in [0.5, 0.6) is 0 Å². The minimum absolute atomic E-state index is 0.0936. The van der Waals surface area contributed by atoms with Gasteiger partial charge in [-0.15, -0.1) is 0 Å². The van der Waals surface area contributed by atoms with E-state index in [1.807, 2.05) is 0 Å². The van der Waals surface area contributed by atoms with Crippen LogP contribution in [0, 0.1) is 0 Å². The predicted octanol–water partition coefficient (Wildman–Crippen LogP) is 3.04. The molecule has 150 valence electrons. The van der Waals surface area contributed by atoms with Gasteiger partial charge in [-0.1, -0.05) is 29.8 Å². The smallest absolute Gasteiger partial charge is 0.374 e. The lowest BCUT2D eigenvalue weighted by Crippen LogP contribution is -2.21. The van der Waals surface area contributed by atoms with E-state index in [9.17, 15) is 18.0 Å². The molecule has 0 spiro atoms. The summed E-state index contributed by atoms with van der Waals surface area (Å²) in [7, 11) is -3.91. The molecule has 0 atom stereocenters. The Morgan fingerprint density at radius 3 is 2.55 bits per heavy atom. The molecule has 0 bridgehead atoms. The van der Waals surface area contributed by atoms with Crippen molar-refractivity contribution in [1.82, 2.24) is 0 Å². The maximum absolute atomic E-state index is 12.1. The first-order chi connectivity index (χ1) is 13.7. The van der Waals surface area contributed by atoms with Crippen molar-refractivity contribution in [2.45, 2.75) is 4.90 Å². The third-order valence-corrected chi connectivity index (χ3v) is 4.97. The summed E-state index contributed by atoms with van der Waals surface area (Å²) in [5.41, 5.74) is 0.803. The molecule has 10 heteroatoms. The highest BCUT2D eigenvalue weighted by Crippen LogP contribution is 2.29. The number of anilines is 1. The van der Waals surface area contributed by atoms with E-state index >= 15 is 0 Å². The number of carbonyl (C=O) groups is 2. The monoisotopic (exact) mass is 434 g/mol. The van der Waals surface area contributed by atoms with Gasteiger partial charge in [0.05, 0.1) is 9.92 Å². The number of rotatable bonds is 6. The number of amides is 1. The van der Waals surface area contributed by atoms with Gasteiger partial charge in [-0.3, -0.25) is 4.79 Å². The molecular weight excluding hydrogens is 420 g/mol.